The monoisotopic (exact) mass is 410 g/mol. The van der Waals surface area contributed by atoms with Gasteiger partial charge in [-0.05, 0) is 37.6 Å². The highest BCUT2D eigenvalue weighted by Crippen LogP contribution is 2.30. The van der Waals surface area contributed by atoms with Crippen LogP contribution in [0.3, 0.4) is 0 Å². The van der Waals surface area contributed by atoms with Gasteiger partial charge in [0.1, 0.15) is 5.82 Å². The largest absolute Gasteiger partial charge is 0.325 e. The van der Waals surface area contributed by atoms with Crippen molar-refractivity contribution in [2.45, 2.75) is 19.0 Å². The summed E-state index contributed by atoms with van der Waals surface area (Å²) in [6.07, 6.45) is 0. The van der Waals surface area contributed by atoms with Crippen molar-refractivity contribution in [1.29, 1.82) is 0 Å². The third-order valence-corrected chi connectivity index (χ3v) is 6.22. The molecule has 3 aromatic rings. The van der Waals surface area contributed by atoms with E-state index in [-0.39, 0.29) is 16.7 Å². The first-order valence-electron chi connectivity index (χ1n) is 7.69. The molecule has 0 aliphatic rings. The van der Waals surface area contributed by atoms with Gasteiger partial charge in [0.15, 0.2) is 11.0 Å². The van der Waals surface area contributed by atoms with Crippen molar-refractivity contribution >= 4 is 46.3 Å². The molecule has 0 aliphatic carbocycles. The summed E-state index contributed by atoms with van der Waals surface area (Å²) in [4.78, 5) is 13.3. The number of carbonyl (C=O) groups excluding carboxylic acids is 1. The van der Waals surface area contributed by atoms with E-state index in [0.717, 1.165) is 11.4 Å². The Morgan fingerprint density at radius 3 is 2.81 bits per heavy atom. The van der Waals surface area contributed by atoms with Crippen LogP contribution < -0.4 is 5.32 Å². The number of aromatic nitrogens is 3. The molecule has 3 rings (SSSR count). The average Bonchev–Trinajstić information content (AvgIpc) is 3.12. The van der Waals surface area contributed by atoms with E-state index in [4.69, 9.17) is 11.6 Å². The molecule has 26 heavy (non-hydrogen) atoms. The normalized spacial score (nSPS) is 11.0. The van der Waals surface area contributed by atoms with Gasteiger partial charge < -0.3 is 9.88 Å². The Morgan fingerprint density at radius 2 is 2.15 bits per heavy atom. The number of aryl methyl sites for hydroxylation is 1. The average molecular weight is 411 g/mol. The zero-order chi connectivity index (χ0) is 18.8. The molecule has 0 unspecified atom stereocenters. The standard InChI is InChI=1S/C17H16ClFN4OS2/c1-9-10(2)25-7-12(9)16-21-22-17(23(16)3)26-8-15(24)20-11-4-5-14(19)13(18)6-11/h4-7H,8H2,1-3H3,(H,20,24). The van der Waals surface area contributed by atoms with Crippen LogP contribution in [-0.2, 0) is 11.8 Å². The van der Waals surface area contributed by atoms with Crippen molar-refractivity contribution < 1.29 is 9.18 Å². The number of carbonyl (C=O) groups is 1. The molecule has 5 nitrogen and oxygen atoms in total. The van der Waals surface area contributed by atoms with Gasteiger partial charge in [0.05, 0.1) is 10.8 Å². The number of hydrogen-bond donors (Lipinski definition) is 1. The van der Waals surface area contributed by atoms with E-state index < -0.39 is 5.82 Å². The lowest BCUT2D eigenvalue weighted by Crippen LogP contribution is -2.14. The van der Waals surface area contributed by atoms with Crippen molar-refractivity contribution in [1.82, 2.24) is 14.8 Å². The first kappa shape index (κ1) is 18.9. The summed E-state index contributed by atoms with van der Waals surface area (Å²) in [7, 11) is 1.88. The lowest BCUT2D eigenvalue weighted by molar-refractivity contribution is -0.113. The summed E-state index contributed by atoms with van der Waals surface area (Å²) in [5.41, 5.74) is 2.69. The zero-order valence-electron chi connectivity index (χ0n) is 14.3. The number of nitrogens with one attached hydrogen (secondary N) is 1. The fourth-order valence-electron chi connectivity index (χ4n) is 2.31. The maximum absolute atomic E-state index is 13.2. The quantitative estimate of drug-likeness (QED) is 0.620. The van der Waals surface area contributed by atoms with E-state index in [0.29, 0.717) is 10.8 Å². The minimum Gasteiger partial charge on any atom is -0.325 e. The topological polar surface area (TPSA) is 59.8 Å². The molecule has 0 spiro atoms. The second kappa shape index (κ2) is 7.77. The predicted molar refractivity (Wildman–Crippen MR) is 105 cm³/mol. The van der Waals surface area contributed by atoms with Gasteiger partial charge in [-0.2, -0.15) is 0 Å². The summed E-state index contributed by atoms with van der Waals surface area (Å²) in [6.45, 7) is 4.13. The van der Waals surface area contributed by atoms with E-state index in [1.54, 1.807) is 11.3 Å². The van der Waals surface area contributed by atoms with Crippen LogP contribution in [0.5, 0.6) is 0 Å². The number of thiophene rings is 1. The molecule has 0 saturated heterocycles. The number of benzene rings is 1. The van der Waals surface area contributed by atoms with Crippen molar-refractivity contribution in [3.05, 3.63) is 44.9 Å². The molecule has 0 radical (unpaired) electrons. The van der Waals surface area contributed by atoms with Crippen LogP contribution in [0.2, 0.25) is 5.02 Å². The van der Waals surface area contributed by atoms with E-state index in [9.17, 15) is 9.18 Å². The van der Waals surface area contributed by atoms with E-state index in [2.05, 4.69) is 34.7 Å². The van der Waals surface area contributed by atoms with Gasteiger partial charge in [-0.15, -0.1) is 21.5 Å². The first-order chi connectivity index (χ1) is 12.4. The van der Waals surface area contributed by atoms with Crippen LogP contribution in [0, 0.1) is 19.7 Å². The van der Waals surface area contributed by atoms with Gasteiger partial charge in [0, 0.05) is 28.6 Å². The van der Waals surface area contributed by atoms with Crippen molar-refractivity contribution in [2.24, 2.45) is 7.05 Å². The smallest absolute Gasteiger partial charge is 0.234 e. The summed E-state index contributed by atoms with van der Waals surface area (Å²) in [6, 6.07) is 4.05. The highest BCUT2D eigenvalue weighted by atomic mass is 35.5. The molecule has 0 bridgehead atoms. The molecule has 1 aromatic carbocycles. The molecule has 2 heterocycles. The Balaban J connectivity index is 1.65. The van der Waals surface area contributed by atoms with Gasteiger partial charge in [0.25, 0.3) is 0 Å². The second-order valence-corrected chi connectivity index (χ2v) is 8.09. The van der Waals surface area contributed by atoms with Crippen molar-refractivity contribution in [3.8, 4) is 11.4 Å². The number of thioether (sulfide) groups is 1. The molecule has 0 atom stereocenters. The Kier molecular flexibility index (Phi) is 5.64. The zero-order valence-corrected chi connectivity index (χ0v) is 16.7. The number of rotatable bonds is 5. The van der Waals surface area contributed by atoms with Crippen molar-refractivity contribution in [2.75, 3.05) is 11.1 Å². The van der Waals surface area contributed by atoms with Gasteiger partial charge in [-0.25, -0.2) is 4.39 Å². The number of halogens is 2. The number of hydrogen-bond acceptors (Lipinski definition) is 5. The number of anilines is 1. The molecule has 0 fully saturated rings. The van der Waals surface area contributed by atoms with Crippen LogP contribution >= 0.6 is 34.7 Å². The molecular weight excluding hydrogens is 395 g/mol. The van der Waals surface area contributed by atoms with Crippen LogP contribution in [0.15, 0.2) is 28.7 Å². The molecular formula is C17H16ClFN4OS2. The van der Waals surface area contributed by atoms with E-state index in [1.165, 1.54) is 40.4 Å². The molecule has 1 amide bonds. The molecule has 136 valence electrons. The molecule has 9 heteroatoms. The van der Waals surface area contributed by atoms with Crippen molar-refractivity contribution in [3.63, 3.8) is 0 Å². The third-order valence-electron chi connectivity index (χ3n) is 3.90. The van der Waals surface area contributed by atoms with Gasteiger partial charge >= 0.3 is 0 Å². The van der Waals surface area contributed by atoms with Crippen LogP contribution in [0.1, 0.15) is 10.4 Å². The van der Waals surface area contributed by atoms with E-state index >= 15 is 0 Å². The van der Waals surface area contributed by atoms with Crippen LogP contribution in [-0.4, -0.2) is 26.4 Å². The predicted octanol–water partition coefficient (Wildman–Crippen LogP) is 4.68. The lowest BCUT2D eigenvalue weighted by atomic mass is 10.2. The maximum Gasteiger partial charge on any atom is 0.234 e. The minimum absolute atomic E-state index is 0.0326. The van der Waals surface area contributed by atoms with E-state index in [1.807, 2.05) is 11.6 Å². The molecule has 0 aliphatic heterocycles. The molecule has 2 aromatic heterocycles. The summed E-state index contributed by atoms with van der Waals surface area (Å²) in [5.74, 6) is 0.178. The van der Waals surface area contributed by atoms with Gasteiger partial charge in [-0.1, -0.05) is 23.4 Å². The first-order valence-corrected chi connectivity index (χ1v) is 9.93. The highest BCUT2D eigenvalue weighted by Gasteiger charge is 2.16. The van der Waals surface area contributed by atoms with Gasteiger partial charge in [0.2, 0.25) is 5.91 Å². The molecule has 1 N–H and O–H groups in total. The summed E-state index contributed by atoms with van der Waals surface area (Å²) in [5, 5.41) is 13.8. The lowest BCUT2D eigenvalue weighted by Gasteiger charge is -2.06. The maximum atomic E-state index is 13.2. The number of amides is 1. The number of nitrogens with zero attached hydrogens (tertiary/aromatic N) is 3. The summed E-state index contributed by atoms with van der Waals surface area (Å²) < 4.78 is 15.0. The fraction of sp³-hybridized carbons (Fsp3) is 0.235. The van der Waals surface area contributed by atoms with Gasteiger partial charge in [-0.3, -0.25) is 4.79 Å². The molecule has 0 saturated carbocycles. The second-order valence-electron chi connectivity index (χ2n) is 5.66. The van der Waals surface area contributed by atoms with Crippen LogP contribution in [0.4, 0.5) is 10.1 Å². The SMILES string of the molecule is Cc1scc(-c2nnc(SCC(=O)Nc3ccc(F)c(Cl)c3)n2C)c1C. The Hall–Kier alpha value is -1.90. The minimum atomic E-state index is -0.524. The highest BCUT2D eigenvalue weighted by molar-refractivity contribution is 7.99. The summed E-state index contributed by atoms with van der Waals surface area (Å²) >= 11 is 8.67. The Bertz CT molecular complexity index is 970. The third kappa shape index (κ3) is 3.92. The Labute approximate surface area is 163 Å². The fourth-order valence-corrected chi connectivity index (χ4v) is 4.07. The van der Waals surface area contributed by atoms with Crippen LogP contribution in [0.25, 0.3) is 11.4 Å². The Morgan fingerprint density at radius 1 is 1.38 bits per heavy atom.